The summed E-state index contributed by atoms with van der Waals surface area (Å²) >= 11 is 5.86. The first-order chi connectivity index (χ1) is 13.6. The maximum Gasteiger partial charge on any atom is 0.270 e. The van der Waals surface area contributed by atoms with Crippen LogP contribution in [0, 0.1) is 0 Å². The SMILES string of the molecule is O=C(NCCc1ccc(Cl)cc1)c1ccnc(C(=O)NCc2ccccn2)c1. The fourth-order valence-corrected chi connectivity index (χ4v) is 2.66. The highest BCUT2D eigenvalue weighted by Crippen LogP contribution is 2.09. The third-order valence-corrected chi connectivity index (χ3v) is 4.28. The molecule has 1 aromatic carbocycles. The predicted octanol–water partition coefficient (Wildman–Crippen LogP) is 3.03. The van der Waals surface area contributed by atoms with Crippen molar-refractivity contribution in [1.29, 1.82) is 0 Å². The lowest BCUT2D eigenvalue weighted by molar-refractivity contribution is 0.0945. The Kier molecular flexibility index (Phi) is 6.70. The van der Waals surface area contributed by atoms with Crippen molar-refractivity contribution in [1.82, 2.24) is 20.6 Å². The van der Waals surface area contributed by atoms with Gasteiger partial charge in [0.15, 0.2) is 0 Å². The number of benzene rings is 1. The Morgan fingerprint density at radius 1 is 0.893 bits per heavy atom. The highest BCUT2D eigenvalue weighted by molar-refractivity contribution is 6.30. The van der Waals surface area contributed by atoms with Gasteiger partial charge in [0, 0.05) is 29.5 Å². The molecule has 142 valence electrons. The number of nitrogens with one attached hydrogen (secondary N) is 2. The van der Waals surface area contributed by atoms with Crippen LogP contribution in [0.3, 0.4) is 0 Å². The number of pyridine rings is 2. The van der Waals surface area contributed by atoms with Crippen LogP contribution in [0.15, 0.2) is 67.0 Å². The summed E-state index contributed by atoms with van der Waals surface area (Å²) in [5.74, 6) is -0.614. The smallest absolute Gasteiger partial charge is 0.270 e. The van der Waals surface area contributed by atoms with Crippen LogP contribution in [-0.2, 0) is 13.0 Å². The molecule has 28 heavy (non-hydrogen) atoms. The first-order valence-corrected chi connectivity index (χ1v) is 9.16. The van der Waals surface area contributed by atoms with Crippen molar-refractivity contribution >= 4 is 23.4 Å². The Balaban J connectivity index is 1.53. The lowest BCUT2D eigenvalue weighted by Gasteiger charge is -2.08. The van der Waals surface area contributed by atoms with E-state index in [1.54, 1.807) is 12.3 Å². The number of amides is 2. The van der Waals surface area contributed by atoms with E-state index in [9.17, 15) is 9.59 Å². The molecule has 2 heterocycles. The number of carbonyl (C=O) groups is 2. The standard InChI is InChI=1S/C21H19ClN4O2/c22-17-6-4-15(5-7-17)8-11-25-20(27)16-9-12-24-19(13-16)21(28)26-14-18-3-1-2-10-23-18/h1-7,9-10,12-13H,8,11,14H2,(H,25,27)(H,26,28). The Morgan fingerprint density at radius 2 is 1.71 bits per heavy atom. The maximum atomic E-state index is 12.3. The van der Waals surface area contributed by atoms with E-state index in [-0.39, 0.29) is 17.5 Å². The fraction of sp³-hybridized carbons (Fsp3) is 0.143. The molecule has 6 nitrogen and oxygen atoms in total. The summed E-state index contributed by atoms with van der Waals surface area (Å²) in [6, 6.07) is 16.0. The summed E-state index contributed by atoms with van der Waals surface area (Å²) in [6.07, 6.45) is 3.80. The molecule has 0 bridgehead atoms. The van der Waals surface area contributed by atoms with Gasteiger partial charge in [-0.25, -0.2) is 0 Å². The molecule has 0 atom stereocenters. The van der Waals surface area contributed by atoms with Gasteiger partial charge in [-0.3, -0.25) is 19.6 Å². The minimum Gasteiger partial charge on any atom is -0.352 e. The molecule has 0 aliphatic heterocycles. The molecular formula is C21H19ClN4O2. The van der Waals surface area contributed by atoms with E-state index in [0.717, 1.165) is 11.3 Å². The number of hydrogen-bond donors (Lipinski definition) is 2. The van der Waals surface area contributed by atoms with Gasteiger partial charge in [-0.05, 0) is 48.4 Å². The first-order valence-electron chi connectivity index (χ1n) is 8.78. The molecule has 2 amide bonds. The number of nitrogens with zero attached hydrogens (tertiary/aromatic N) is 2. The molecule has 0 spiro atoms. The topological polar surface area (TPSA) is 84.0 Å². The monoisotopic (exact) mass is 394 g/mol. The Labute approximate surface area is 168 Å². The zero-order chi connectivity index (χ0) is 19.8. The molecule has 0 aliphatic rings. The van der Waals surface area contributed by atoms with Crippen LogP contribution in [0.5, 0.6) is 0 Å². The van der Waals surface area contributed by atoms with Crippen molar-refractivity contribution in [2.75, 3.05) is 6.54 Å². The summed E-state index contributed by atoms with van der Waals surface area (Å²) in [4.78, 5) is 32.8. The van der Waals surface area contributed by atoms with Crippen LogP contribution in [0.25, 0.3) is 0 Å². The number of rotatable bonds is 7. The minimum absolute atomic E-state index is 0.182. The number of carbonyl (C=O) groups excluding carboxylic acids is 2. The summed E-state index contributed by atoms with van der Waals surface area (Å²) in [6.45, 7) is 0.767. The van der Waals surface area contributed by atoms with Gasteiger partial charge < -0.3 is 10.6 Å². The maximum absolute atomic E-state index is 12.3. The van der Waals surface area contributed by atoms with E-state index in [4.69, 9.17) is 11.6 Å². The number of aromatic nitrogens is 2. The summed E-state index contributed by atoms with van der Waals surface area (Å²) in [5.41, 5.74) is 2.39. The van der Waals surface area contributed by atoms with Crippen LogP contribution in [0.4, 0.5) is 0 Å². The number of halogens is 1. The predicted molar refractivity (Wildman–Crippen MR) is 107 cm³/mol. The number of hydrogen-bond acceptors (Lipinski definition) is 4. The quantitative estimate of drug-likeness (QED) is 0.645. The van der Waals surface area contributed by atoms with Crippen molar-refractivity contribution in [2.24, 2.45) is 0 Å². The van der Waals surface area contributed by atoms with Gasteiger partial charge in [0.05, 0.1) is 12.2 Å². The van der Waals surface area contributed by atoms with Crippen LogP contribution in [-0.4, -0.2) is 28.3 Å². The van der Waals surface area contributed by atoms with Gasteiger partial charge in [0.2, 0.25) is 0 Å². The second-order valence-corrected chi connectivity index (χ2v) is 6.50. The van der Waals surface area contributed by atoms with Crippen LogP contribution >= 0.6 is 11.6 Å². The van der Waals surface area contributed by atoms with E-state index in [2.05, 4.69) is 20.6 Å². The zero-order valence-electron chi connectivity index (χ0n) is 15.1. The van der Waals surface area contributed by atoms with Gasteiger partial charge in [-0.2, -0.15) is 0 Å². The van der Waals surface area contributed by atoms with Crippen molar-refractivity contribution in [3.8, 4) is 0 Å². The highest BCUT2D eigenvalue weighted by Gasteiger charge is 2.12. The Hall–Kier alpha value is -3.25. The Bertz CT molecular complexity index is 946. The highest BCUT2D eigenvalue weighted by atomic mass is 35.5. The van der Waals surface area contributed by atoms with E-state index >= 15 is 0 Å². The minimum atomic E-state index is -0.360. The van der Waals surface area contributed by atoms with Crippen molar-refractivity contribution in [3.05, 3.63) is 94.5 Å². The lowest BCUT2D eigenvalue weighted by Crippen LogP contribution is -2.27. The van der Waals surface area contributed by atoms with E-state index in [1.807, 2.05) is 42.5 Å². The summed E-state index contributed by atoms with van der Waals surface area (Å²) < 4.78 is 0. The van der Waals surface area contributed by atoms with E-state index in [0.29, 0.717) is 30.1 Å². The fourth-order valence-electron chi connectivity index (χ4n) is 2.53. The summed E-state index contributed by atoms with van der Waals surface area (Å²) in [5, 5.41) is 6.27. The molecule has 0 unspecified atom stereocenters. The van der Waals surface area contributed by atoms with Gasteiger partial charge >= 0.3 is 0 Å². The van der Waals surface area contributed by atoms with Crippen LogP contribution in [0.1, 0.15) is 32.1 Å². The van der Waals surface area contributed by atoms with Crippen molar-refractivity contribution in [2.45, 2.75) is 13.0 Å². The van der Waals surface area contributed by atoms with Crippen LogP contribution in [0.2, 0.25) is 5.02 Å². The average Bonchev–Trinajstić information content (AvgIpc) is 2.74. The molecule has 0 aliphatic carbocycles. The second-order valence-electron chi connectivity index (χ2n) is 6.07. The average molecular weight is 395 g/mol. The van der Waals surface area contributed by atoms with Gasteiger partial charge in [-0.15, -0.1) is 0 Å². The van der Waals surface area contributed by atoms with E-state index < -0.39 is 0 Å². The van der Waals surface area contributed by atoms with Crippen molar-refractivity contribution < 1.29 is 9.59 Å². The summed E-state index contributed by atoms with van der Waals surface area (Å²) in [7, 11) is 0. The Morgan fingerprint density at radius 3 is 2.46 bits per heavy atom. The second kappa shape index (κ2) is 9.62. The van der Waals surface area contributed by atoms with Crippen LogP contribution < -0.4 is 10.6 Å². The zero-order valence-corrected chi connectivity index (χ0v) is 15.8. The van der Waals surface area contributed by atoms with Gasteiger partial charge in [-0.1, -0.05) is 29.8 Å². The molecule has 3 aromatic rings. The molecule has 3 rings (SSSR count). The lowest BCUT2D eigenvalue weighted by atomic mass is 10.1. The largest absolute Gasteiger partial charge is 0.352 e. The molecule has 0 saturated heterocycles. The third kappa shape index (κ3) is 5.62. The molecular weight excluding hydrogens is 376 g/mol. The molecule has 0 fully saturated rings. The molecule has 2 aromatic heterocycles. The third-order valence-electron chi connectivity index (χ3n) is 4.02. The molecule has 2 N–H and O–H groups in total. The first kappa shape index (κ1) is 19.5. The molecule has 7 heteroatoms. The van der Waals surface area contributed by atoms with Gasteiger partial charge in [0.25, 0.3) is 11.8 Å². The molecule has 0 radical (unpaired) electrons. The van der Waals surface area contributed by atoms with Crippen molar-refractivity contribution in [3.63, 3.8) is 0 Å². The molecule has 0 saturated carbocycles. The van der Waals surface area contributed by atoms with E-state index in [1.165, 1.54) is 12.3 Å². The normalized spacial score (nSPS) is 10.3. The van der Waals surface area contributed by atoms with Gasteiger partial charge in [0.1, 0.15) is 5.69 Å².